The van der Waals surface area contributed by atoms with Crippen LogP contribution in [0.25, 0.3) is 0 Å². The molecule has 0 aliphatic carbocycles. The number of ether oxygens (including phenoxy) is 1. The number of hydrogen-bond acceptors (Lipinski definition) is 6. The zero-order valence-corrected chi connectivity index (χ0v) is 14.0. The van der Waals surface area contributed by atoms with Gasteiger partial charge in [0, 0.05) is 12.7 Å². The van der Waals surface area contributed by atoms with Crippen molar-refractivity contribution >= 4 is 28.8 Å². The Labute approximate surface area is 139 Å². The molecule has 1 aromatic carbocycles. The molecule has 0 fully saturated rings. The van der Waals surface area contributed by atoms with E-state index in [1.165, 1.54) is 6.92 Å². The predicted molar refractivity (Wildman–Crippen MR) is 87.8 cm³/mol. The lowest BCUT2D eigenvalue weighted by molar-refractivity contribution is -0.150. The van der Waals surface area contributed by atoms with E-state index in [1.54, 1.807) is 0 Å². The van der Waals surface area contributed by atoms with E-state index in [4.69, 9.17) is 0 Å². The van der Waals surface area contributed by atoms with Crippen LogP contribution in [-0.4, -0.2) is 47.6 Å². The minimum atomic E-state index is -1.40. The van der Waals surface area contributed by atoms with Crippen molar-refractivity contribution in [2.75, 3.05) is 19.4 Å². The lowest BCUT2D eigenvalue weighted by Gasteiger charge is -2.17. The molecule has 2 N–H and O–H groups in total. The van der Waals surface area contributed by atoms with Crippen molar-refractivity contribution in [3.63, 3.8) is 0 Å². The zero-order chi connectivity index (χ0) is 17.2. The summed E-state index contributed by atoms with van der Waals surface area (Å²) in [4.78, 5) is 34.6. The number of carbonyl (C=O) groups is 3. The maximum Gasteiger partial charge on any atom is 0.336 e. The molecule has 126 valence electrons. The van der Waals surface area contributed by atoms with Crippen molar-refractivity contribution < 1.29 is 24.2 Å². The quantitative estimate of drug-likeness (QED) is 0.680. The fraction of sp³-hybridized carbons (Fsp3) is 0.438. The van der Waals surface area contributed by atoms with Gasteiger partial charge in [0.25, 0.3) is 0 Å². The summed E-state index contributed by atoms with van der Waals surface area (Å²) in [6.45, 7) is 1.23. The number of esters is 1. The second-order valence-electron chi connectivity index (χ2n) is 4.97. The number of methoxy groups -OCH3 is 1. The maximum absolute atomic E-state index is 12.3. The molecule has 1 rings (SSSR count). The van der Waals surface area contributed by atoms with E-state index in [9.17, 15) is 19.5 Å². The third kappa shape index (κ3) is 7.30. The molecule has 0 unspecified atom stereocenters. The van der Waals surface area contributed by atoms with Gasteiger partial charge in [-0.05, 0) is 12.0 Å². The van der Waals surface area contributed by atoms with E-state index in [-0.39, 0.29) is 17.6 Å². The number of aliphatic hydroxyl groups excluding tert-OH is 1. The molecule has 1 amide bonds. The number of benzene rings is 1. The van der Waals surface area contributed by atoms with Crippen LogP contribution in [0.4, 0.5) is 0 Å². The van der Waals surface area contributed by atoms with E-state index < -0.39 is 18.0 Å². The minimum Gasteiger partial charge on any atom is -0.467 e. The second-order valence-corrected chi connectivity index (χ2v) is 6.17. The number of rotatable bonds is 8. The van der Waals surface area contributed by atoms with Crippen molar-refractivity contribution in [1.82, 2.24) is 5.32 Å². The molecule has 0 heterocycles. The van der Waals surface area contributed by atoms with Crippen LogP contribution in [0.3, 0.4) is 0 Å². The third-order valence-electron chi connectivity index (χ3n) is 3.13. The first-order chi connectivity index (χ1) is 10.9. The highest BCUT2D eigenvalue weighted by atomic mass is 32.2. The standard InChI is InChI=1S/C16H21NO5S/c1-11(18)23-10-13(8-12-6-4-3-5-7-12)15(20)17-9-14(19)16(21)22-2/h3-7,13-14,19H,8-10H2,1-2H3,(H,17,20)/t13-,14-/m0/s1. The highest BCUT2D eigenvalue weighted by Gasteiger charge is 2.22. The number of nitrogens with one attached hydrogen (secondary N) is 1. The molecule has 0 aliphatic rings. The van der Waals surface area contributed by atoms with Gasteiger partial charge in [-0.3, -0.25) is 9.59 Å². The molecular weight excluding hydrogens is 318 g/mol. The molecule has 2 atom stereocenters. The predicted octanol–water partition coefficient (Wildman–Crippen LogP) is 0.775. The lowest BCUT2D eigenvalue weighted by atomic mass is 10.00. The summed E-state index contributed by atoms with van der Waals surface area (Å²) in [5, 5.41) is 12.0. The zero-order valence-electron chi connectivity index (χ0n) is 13.2. The average Bonchev–Trinajstić information content (AvgIpc) is 2.56. The monoisotopic (exact) mass is 339 g/mol. The van der Waals surface area contributed by atoms with E-state index in [0.717, 1.165) is 24.4 Å². The van der Waals surface area contributed by atoms with Gasteiger partial charge in [0.2, 0.25) is 5.91 Å². The minimum absolute atomic E-state index is 0.0644. The molecule has 0 aliphatic heterocycles. The van der Waals surface area contributed by atoms with Gasteiger partial charge in [-0.2, -0.15) is 0 Å². The summed E-state index contributed by atoms with van der Waals surface area (Å²) in [6.07, 6.45) is -0.928. The molecule has 7 heteroatoms. The summed E-state index contributed by atoms with van der Waals surface area (Å²) in [5.74, 6) is -1.21. The van der Waals surface area contributed by atoms with Crippen LogP contribution in [0.2, 0.25) is 0 Å². The molecule has 6 nitrogen and oxygen atoms in total. The van der Waals surface area contributed by atoms with Crippen LogP contribution >= 0.6 is 11.8 Å². The molecular formula is C16H21NO5S. The van der Waals surface area contributed by atoms with Crippen LogP contribution in [0.15, 0.2) is 30.3 Å². The lowest BCUT2D eigenvalue weighted by Crippen LogP contribution is -2.41. The average molecular weight is 339 g/mol. The summed E-state index contributed by atoms with van der Waals surface area (Å²) in [7, 11) is 1.16. The highest BCUT2D eigenvalue weighted by molar-refractivity contribution is 8.13. The molecule has 0 radical (unpaired) electrons. The number of thioether (sulfide) groups is 1. The Morgan fingerprint density at radius 3 is 2.48 bits per heavy atom. The van der Waals surface area contributed by atoms with Crippen LogP contribution in [0.5, 0.6) is 0 Å². The van der Waals surface area contributed by atoms with Crippen LogP contribution < -0.4 is 5.32 Å². The Hall–Kier alpha value is -1.86. The number of amides is 1. The number of aliphatic hydroxyl groups is 1. The highest BCUT2D eigenvalue weighted by Crippen LogP contribution is 2.15. The number of hydrogen-bond donors (Lipinski definition) is 2. The van der Waals surface area contributed by atoms with Crippen molar-refractivity contribution in [2.24, 2.45) is 5.92 Å². The van der Waals surface area contributed by atoms with Crippen molar-refractivity contribution in [1.29, 1.82) is 0 Å². The van der Waals surface area contributed by atoms with E-state index in [1.807, 2.05) is 30.3 Å². The van der Waals surface area contributed by atoms with Gasteiger partial charge in [0.1, 0.15) is 0 Å². The van der Waals surface area contributed by atoms with Crippen molar-refractivity contribution in [2.45, 2.75) is 19.4 Å². The molecule has 1 aromatic rings. The maximum atomic E-state index is 12.3. The van der Waals surface area contributed by atoms with Crippen LogP contribution in [0.1, 0.15) is 12.5 Å². The van der Waals surface area contributed by atoms with E-state index in [2.05, 4.69) is 10.1 Å². The van der Waals surface area contributed by atoms with Crippen LogP contribution in [0, 0.1) is 5.92 Å². The molecule has 0 saturated heterocycles. The summed E-state index contributed by atoms with van der Waals surface area (Å²) in [5.41, 5.74) is 0.977. The van der Waals surface area contributed by atoms with Crippen LogP contribution in [-0.2, 0) is 25.5 Å². The Bertz CT molecular complexity index is 535. The smallest absolute Gasteiger partial charge is 0.336 e. The second kappa shape index (κ2) is 10.0. The molecule has 0 bridgehead atoms. The largest absolute Gasteiger partial charge is 0.467 e. The van der Waals surface area contributed by atoms with Gasteiger partial charge in [0.15, 0.2) is 11.2 Å². The Balaban J connectivity index is 2.64. The van der Waals surface area contributed by atoms with E-state index in [0.29, 0.717) is 12.2 Å². The normalized spacial score (nSPS) is 13.0. The molecule has 0 aromatic heterocycles. The first-order valence-corrected chi connectivity index (χ1v) is 8.13. The topological polar surface area (TPSA) is 92.7 Å². The Kier molecular flexibility index (Phi) is 8.36. The fourth-order valence-electron chi connectivity index (χ4n) is 1.90. The summed E-state index contributed by atoms with van der Waals surface area (Å²) >= 11 is 1.08. The Morgan fingerprint density at radius 2 is 1.91 bits per heavy atom. The van der Waals surface area contributed by atoms with Gasteiger partial charge in [-0.1, -0.05) is 42.1 Å². The van der Waals surface area contributed by atoms with E-state index >= 15 is 0 Å². The third-order valence-corrected chi connectivity index (χ3v) is 4.10. The van der Waals surface area contributed by atoms with Gasteiger partial charge in [-0.25, -0.2) is 4.79 Å². The first-order valence-electron chi connectivity index (χ1n) is 7.15. The fourth-order valence-corrected chi connectivity index (χ4v) is 2.61. The van der Waals surface area contributed by atoms with Gasteiger partial charge >= 0.3 is 5.97 Å². The van der Waals surface area contributed by atoms with Gasteiger partial charge in [-0.15, -0.1) is 0 Å². The molecule has 0 spiro atoms. The van der Waals surface area contributed by atoms with Crippen molar-refractivity contribution in [3.8, 4) is 0 Å². The molecule has 23 heavy (non-hydrogen) atoms. The first kappa shape index (κ1) is 19.2. The summed E-state index contributed by atoms with van der Waals surface area (Å²) < 4.78 is 4.39. The molecule has 0 saturated carbocycles. The SMILES string of the molecule is COC(=O)[C@@H](O)CNC(=O)[C@H](CSC(C)=O)Cc1ccccc1. The van der Waals surface area contributed by atoms with Gasteiger partial charge < -0.3 is 15.2 Å². The van der Waals surface area contributed by atoms with Crippen molar-refractivity contribution in [3.05, 3.63) is 35.9 Å². The summed E-state index contributed by atoms with van der Waals surface area (Å²) in [6, 6.07) is 9.45. The number of carbonyl (C=O) groups excluding carboxylic acids is 3. The van der Waals surface area contributed by atoms with Gasteiger partial charge in [0.05, 0.1) is 19.6 Å². The Morgan fingerprint density at radius 1 is 1.26 bits per heavy atom.